The topological polar surface area (TPSA) is 169 Å². The van der Waals surface area contributed by atoms with Gasteiger partial charge in [-0.25, -0.2) is 9.36 Å². The molecule has 0 bridgehead atoms. The highest BCUT2D eigenvalue weighted by atomic mass is 31.2. The van der Waals surface area contributed by atoms with Crippen molar-refractivity contribution in [1.82, 2.24) is 5.32 Å². The number of carbonyl (C=O) groups is 3. The van der Waals surface area contributed by atoms with Gasteiger partial charge in [0.1, 0.15) is 12.7 Å². The first-order valence-corrected chi connectivity index (χ1v) is 22.1. The first kappa shape index (κ1) is 49.5. The van der Waals surface area contributed by atoms with Gasteiger partial charge in [0.15, 0.2) is 6.04 Å². The summed E-state index contributed by atoms with van der Waals surface area (Å²) in [4.78, 5) is 45.7. The van der Waals surface area contributed by atoms with Crippen LogP contribution < -0.4 is 5.32 Å². The molecule has 0 spiro atoms. The van der Waals surface area contributed by atoms with Crippen molar-refractivity contribution in [3.05, 3.63) is 0 Å². The summed E-state index contributed by atoms with van der Waals surface area (Å²) in [5.74, 6) is -2.36. The first-order chi connectivity index (χ1) is 24.6. The van der Waals surface area contributed by atoms with Gasteiger partial charge < -0.3 is 25.2 Å². The highest BCUT2D eigenvalue weighted by Crippen LogP contribution is 2.43. The number of ether oxygens (including phenoxy) is 1. The summed E-state index contributed by atoms with van der Waals surface area (Å²) in [5, 5.41) is 21.8. The van der Waals surface area contributed by atoms with E-state index < -0.39 is 57.6 Å². The van der Waals surface area contributed by atoms with E-state index in [4.69, 9.17) is 13.8 Å². The fraction of sp³-hybridized carbons (Fsp3) is 0.923. The quantitative estimate of drug-likeness (QED) is 0.0270. The maximum atomic E-state index is 12.2. The summed E-state index contributed by atoms with van der Waals surface area (Å²) < 4.78 is 26.8. The molecule has 0 aliphatic rings. The van der Waals surface area contributed by atoms with E-state index in [1.807, 2.05) is 0 Å². The summed E-state index contributed by atoms with van der Waals surface area (Å²) in [6.07, 6.45) is 31.3. The average Bonchev–Trinajstić information content (AvgIpc) is 3.10. The van der Waals surface area contributed by atoms with E-state index >= 15 is 0 Å². The minimum Gasteiger partial charge on any atom is -0.480 e. The summed E-state index contributed by atoms with van der Waals surface area (Å²) in [5.41, 5.74) is 0. The number of carboxylic acid groups (broad SMARTS) is 1. The Kier molecular flexibility index (Phi) is 34.4. The zero-order chi connectivity index (χ0) is 37.8. The Balaban J connectivity index is 3.89. The Bertz CT molecular complexity index is 890. The predicted octanol–water partition coefficient (Wildman–Crippen LogP) is 9.95. The molecule has 3 unspecified atom stereocenters. The third kappa shape index (κ3) is 35.3. The van der Waals surface area contributed by atoms with Crippen LogP contribution in [-0.2, 0) is 32.7 Å². The SMILES string of the molecule is CCCCCCCCCCCCCCCCCC(=O)OCC(O)COP(=O)(O)OCC(NC(=O)CCCCCCCCCCCCCC)C(=O)O. The van der Waals surface area contributed by atoms with Crippen LogP contribution in [0.3, 0.4) is 0 Å². The zero-order valence-electron chi connectivity index (χ0n) is 32.4. The Morgan fingerprint density at radius 2 is 0.902 bits per heavy atom. The van der Waals surface area contributed by atoms with Crippen molar-refractivity contribution in [2.45, 2.75) is 212 Å². The van der Waals surface area contributed by atoms with Gasteiger partial charge in [0.25, 0.3) is 0 Å². The van der Waals surface area contributed by atoms with E-state index in [9.17, 15) is 34.1 Å². The van der Waals surface area contributed by atoms with Crippen LogP contribution in [0, 0.1) is 0 Å². The van der Waals surface area contributed by atoms with E-state index in [1.165, 1.54) is 122 Å². The molecule has 0 heterocycles. The number of aliphatic carboxylic acids is 1. The molecule has 3 atom stereocenters. The number of aliphatic hydroxyl groups is 1. The molecule has 0 aliphatic carbocycles. The van der Waals surface area contributed by atoms with Gasteiger partial charge in [0, 0.05) is 12.8 Å². The van der Waals surface area contributed by atoms with Crippen LogP contribution in [-0.4, -0.2) is 64.9 Å². The highest BCUT2D eigenvalue weighted by Gasteiger charge is 2.28. The first-order valence-electron chi connectivity index (χ1n) is 20.6. The van der Waals surface area contributed by atoms with Crippen molar-refractivity contribution in [3.63, 3.8) is 0 Å². The lowest BCUT2D eigenvalue weighted by Gasteiger charge is -2.18. The molecule has 0 saturated carbocycles. The second kappa shape index (κ2) is 35.5. The fourth-order valence-corrected chi connectivity index (χ4v) is 6.68. The number of carboxylic acids is 1. The van der Waals surface area contributed by atoms with Crippen LogP contribution in [0.2, 0.25) is 0 Å². The molecule has 0 aromatic carbocycles. The molecule has 11 nitrogen and oxygen atoms in total. The third-order valence-electron chi connectivity index (χ3n) is 9.15. The summed E-state index contributed by atoms with van der Waals surface area (Å²) in [6.45, 7) is 2.59. The zero-order valence-corrected chi connectivity index (χ0v) is 33.3. The predicted molar refractivity (Wildman–Crippen MR) is 204 cm³/mol. The Hall–Kier alpha value is -1.52. The van der Waals surface area contributed by atoms with Gasteiger partial charge in [0.05, 0.1) is 13.2 Å². The lowest BCUT2D eigenvalue weighted by Crippen LogP contribution is -2.43. The van der Waals surface area contributed by atoms with Gasteiger partial charge in [-0.3, -0.25) is 18.6 Å². The number of hydrogen-bond acceptors (Lipinski definition) is 8. The number of aliphatic hydroxyl groups excluding tert-OH is 1. The fourth-order valence-electron chi connectivity index (χ4n) is 5.90. The van der Waals surface area contributed by atoms with Gasteiger partial charge in [-0.2, -0.15) is 0 Å². The molecule has 0 aromatic heterocycles. The normalized spacial score (nSPS) is 13.8. The minimum absolute atomic E-state index is 0.152. The molecular weight excluding hydrogens is 673 g/mol. The second-order valence-corrected chi connectivity index (χ2v) is 15.6. The van der Waals surface area contributed by atoms with Gasteiger partial charge in [-0.15, -0.1) is 0 Å². The van der Waals surface area contributed by atoms with Crippen molar-refractivity contribution in [2.75, 3.05) is 19.8 Å². The van der Waals surface area contributed by atoms with E-state index in [0.29, 0.717) is 12.8 Å². The van der Waals surface area contributed by atoms with Crippen molar-refractivity contribution >= 4 is 25.7 Å². The maximum absolute atomic E-state index is 12.2. The van der Waals surface area contributed by atoms with Gasteiger partial charge in [-0.1, -0.05) is 174 Å². The monoisotopic (exact) mass is 750 g/mol. The standard InChI is InChI=1S/C39H76NO10P/c1-3-5-7-9-11-13-15-17-18-19-21-23-25-27-29-31-38(43)48-32-35(41)33-49-51(46,47)50-34-36(39(44)45)40-37(42)30-28-26-24-22-20-16-14-12-10-8-6-4-2/h35-36,41H,3-34H2,1-2H3,(H,40,42)(H,44,45)(H,46,47). The van der Waals surface area contributed by atoms with Gasteiger partial charge in [-0.05, 0) is 12.8 Å². The Labute approximate surface area is 310 Å². The molecule has 0 aromatic rings. The molecule has 0 saturated heterocycles. The van der Waals surface area contributed by atoms with E-state index in [1.54, 1.807) is 0 Å². The molecule has 4 N–H and O–H groups in total. The molecule has 0 radical (unpaired) electrons. The summed E-state index contributed by atoms with van der Waals surface area (Å²) in [6, 6.07) is -1.54. The molecular formula is C39H76NO10P. The lowest BCUT2D eigenvalue weighted by molar-refractivity contribution is -0.147. The molecule has 0 fully saturated rings. The Morgan fingerprint density at radius 3 is 1.29 bits per heavy atom. The lowest BCUT2D eigenvalue weighted by atomic mass is 10.0. The second-order valence-electron chi connectivity index (χ2n) is 14.2. The number of hydrogen-bond donors (Lipinski definition) is 4. The number of rotatable bonds is 39. The number of esters is 1. The van der Waals surface area contributed by atoms with Crippen molar-refractivity contribution < 1.29 is 47.8 Å². The van der Waals surface area contributed by atoms with Crippen LogP contribution in [0.4, 0.5) is 0 Å². The number of unbranched alkanes of at least 4 members (excludes halogenated alkanes) is 25. The average molecular weight is 750 g/mol. The number of amides is 1. The van der Waals surface area contributed by atoms with E-state index in [-0.39, 0.29) is 12.8 Å². The van der Waals surface area contributed by atoms with Crippen molar-refractivity contribution in [2.24, 2.45) is 0 Å². The molecule has 0 aliphatic heterocycles. The highest BCUT2D eigenvalue weighted by molar-refractivity contribution is 7.47. The molecule has 51 heavy (non-hydrogen) atoms. The van der Waals surface area contributed by atoms with Crippen molar-refractivity contribution in [1.29, 1.82) is 0 Å². The van der Waals surface area contributed by atoms with Gasteiger partial charge in [0.2, 0.25) is 5.91 Å². The van der Waals surface area contributed by atoms with Crippen LogP contribution in [0.15, 0.2) is 0 Å². The molecule has 0 rings (SSSR count). The maximum Gasteiger partial charge on any atom is 0.472 e. The largest absolute Gasteiger partial charge is 0.480 e. The van der Waals surface area contributed by atoms with E-state index in [2.05, 4.69) is 19.2 Å². The summed E-state index contributed by atoms with van der Waals surface area (Å²) in [7, 11) is -4.74. The molecule has 302 valence electrons. The molecule has 1 amide bonds. The number of phosphoric acid groups is 1. The van der Waals surface area contributed by atoms with Crippen LogP contribution in [0.5, 0.6) is 0 Å². The smallest absolute Gasteiger partial charge is 0.472 e. The van der Waals surface area contributed by atoms with E-state index in [0.717, 1.165) is 38.5 Å². The third-order valence-corrected chi connectivity index (χ3v) is 10.1. The number of phosphoric ester groups is 1. The Morgan fingerprint density at radius 1 is 0.549 bits per heavy atom. The van der Waals surface area contributed by atoms with Crippen LogP contribution in [0.1, 0.15) is 200 Å². The number of nitrogens with one attached hydrogen (secondary N) is 1. The van der Waals surface area contributed by atoms with Crippen molar-refractivity contribution in [3.8, 4) is 0 Å². The molecule has 12 heteroatoms. The minimum atomic E-state index is -4.74. The number of carbonyl (C=O) groups excluding carboxylic acids is 2. The van der Waals surface area contributed by atoms with Crippen LogP contribution in [0.25, 0.3) is 0 Å². The van der Waals surface area contributed by atoms with Gasteiger partial charge >= 0.3 is 19.8 Å². The summed E-state index contributed by atoms with van der Waals surface area (Å²) >= 11 is 0. The van der Waals surface area contributed by atoms with Crippen LogP contribution >= 0.6 is 7.82 Å².